The summed E-state index contributed by atoms with van der Waals surface area (Å²) >= 11 is 0. The van der Waals surface area contributed by atoms with Crippen LogP contribution >= 0.6 is 0 Å². The fourth-order valence-electron chi connectivity index (χ4n) is 3.67. The standard InChI is InChI=1S/C20H24N8O4S/c1-13-9-17(25(3)23-13)21-19(29)11-27-15-7-5-6-8-16(15)28(33(27,31)32)12-20(30)22-18-10-14(2)24-26(18)4/h5-10H,11-12H2,1-4H3,(H,21,29)(H,22,30). The second-order valence-corrected chi connectivity index (χ2v) is 9.47. The van der Waals surface area contributed by atoms with Crippen LogP contribution in [0.15, 0.2) is 36.4 Å². The number of hydrogen-bond donors (Lipinski definition) is 2. The lowest BCUT2D eigenvalue weighted by molar-refractivity contribution is -0.115. The highest BCUT2D eigenvalue weighted by Gasteiger charge is 2.42. The van der Waals surface area contributed by atoms with Crippen LogP contribution in [0.5, 0.6) is 0 Å². The van der Waals surface area contributed by atoms with Crippen molar-refractivity contribution in [3.63, 3.8) is 0 Å². The lowest BCUT2D eigenvalue weighted by atomic mass is 10.2. The summed E-state index contributed by atoms with van der Waals surface area (Å²) in [5, 5.41) is 13.7. The second-order valence-electron chi connectivity index (χ2n) is 7.70. The number of fused-ring (bicyclic) bond motifs is 1. The molecule has 2 amide bonds. The molecule has 0 radical (unpaired) electrons. The monoisotopic (exact) mass is 472 g/mol. The van der Waals surface area contributed by atoms with Gasteiger partial charge in [0.1, 0.15) is 24.7 Å². The van der Waals surface area contributed by atoms with Crippen molar-refractivity contribution in [2.45, 2.75) is 13.8 Å². The molecule has 1 aliphatic heterocycles. The number of nitrogens with one attached hydrogen (secondary N) is 2. The Morgan fingerprint density at radius 3 is 1.55 bits per heavy atom. The number of amides is 2. The Bertz CT molecular complexity index is 1250. The van der Waals surface area contributed by atoms with E-state index in [-0.39, 0.29) is 0 Å². The number of aryl methyl sites for hydroxylation is 4. The van der Waals surface area contributed by atoms with Crippen molar-refractivity contribution in [1.82, 2.24) is 19.6 Å². The topological polar surface area (TPSA) is 134 Å². The Morgan fingerprint density at radius 2 is 1.21 bits per heavy atom. The summed E-state index contributed by atoms with van der Waals surface area (Å²) in [5.74, 6) is -0.170. The van der Waals surface area contributed by atoms with Gasteiger partial charge in [-0.3, -0.25) is 19.0 Å². The van der Waals surface area contributed by atoms with E-state index in [1.165, 1.54) is 9.36 Å². The third kappa shape index (κ3) is 4.26. The predicted octanol–water partition coefficient (Wildman–Crippen LogP) is 0.919. The number of hydrogen-bond acceptors (Lipinski definition) is 6. The lowest BCUT2D eigenvalue weighted by Gasteiger charge is -2.21. The van der Waals surface area contributed by atoms with Crippen LogP contribution in [-0.2, 0) is 33.9 Å². The smallest absolute Gasteiger partial charge is 0.309 e. The molecule has 2 N–H and O–H groups in total. The van der Waals surface area contributed by atoms with Crippen molar-refractivity contribution in [3.8, 4) is 0 Å². The maximum Gasteiger partial charge on any atom is 0.327 e. The third-order valence-corrected chi connectivity index (χ3v) is 6.86. The first-order chi connectivity index (χ1) is 15.6. The zero-order valence-electron chi connectivity index (χ0n) is 18.6. The lowest BCUT2D eigenvalue weighted by Crippen LogP contribution is -2.44. The van der Waals surface area contributed by atoms with E-state index in [0.717, 1.165) is 8.61 Å². The van der Waals surface area contributed by atoms with Crippen LogP contribution in [0.4, 0.5) is 23.0 Å². The van der Waals surface area contributed by atoms with E-state index in [4.69, 9.17) is 0 Å². The van der Waals surface area contributed by atoms with Crippen molar-refractivity contribution < 1.29 is 18.0 Å². The molecule has 12 nitrogen and oxygen atoms in total. The average Bonchev–Trinajstić information content (AvgIpc) is 3.29. The minimum atomic E-state index is -4.17. The average molecular weight is 473 g/mol. The molecule has 4 rings (SSSR count). The van der Waals surface area contributed by atoms with Crippen LogP contribution in [-0.4, -0.2) is 52.9 Å². The van der Waals surface area contributed by atoms with Gasteiger partial charge in [-0.25, -0.2) is 8.61 Å². The van der Waals surface area contributed by atoms with Crippen LogP contribution in [0.25, 0.3) is 0 Å². The number of carbonyl (C=O) groups excluding carboxylic acids is 2. The second kappa shape index (κ2) is 8.24. The minimum Gasteiger partial charge on any atom is -0.309 e. The molecule has 13 heteroatoms. The van der Waals surface area contributed by atoms with Gasteiger partial charge in [-0.1, -0.05) is 12.1 Å². The molecular weight excluding hydrogens is 448 g/mol. The molecule has 33 heavy (non-hydrogen) atoms. The minimum absolute atomic E-state index is 0.318. The molecule has 0 bridgehead atoms. The molecular formula is C20H24N8O4S. The molecule has 0 atom stereocenters. The number of anilines is 4. The summed E-state index contributed by atoms with van der Waals surface area (Å²) in [6.07, 6.45) is 0. The van der Waals surface area contributed by atoms with Gasteiger partial charge in [0.2, 0.25) is 11.8 Å². The summed E-state index contributed by atoms with van der Waals surface area (Å²) in [6.45, 7) is 2.66. The molecule has 0 spiro atoms. The highest BCUT2D eigenvalue weighted by molar-refractivity contribution is 7.94. The van der Waals surface area contributed by atoms with Crippen LogP contribution < -0.4 is 19.2 Å². The van der Waals surface area contributed by atoms with Gasteiger partial charge in [0.05, 0.1) is 22.8 Å². The number of benzene rings is 1. The maximum absolute atomic E-state index is 13.3. The quantitative estimate of drug-likeness (QED) is 0.548. The van der Waals surface area contributed by atoms with Gasteiger partial charge in [-0.05, 0) is 26.0 Å². The van der Waals surface area contributed by atoms with Crippen molar-refractivity contribution in [2.24, 2.45) is 14.1 Å². The highest BCUT2D eigenvalue weighted by atomic mass is 32.2. The van der Waals surface area contributed by atoms with Gasteiger partial charge in [-0.2, -0.15) is 18.6 Å². The predicted molar refractivity (Wildman–Crippen MR) is 123 cm³/mol. The van der Waals surface area contributed by atoms with Crippen LogP contribution in [0.3, 0.4) is 0 Å². The number of carbonyl (C=O) groups is 2. The Morgan fingerprint density at radius 1 is 0.818 bits per heavy atom. The van der Waals surface area contributed by atoms with Gasteiger partial charge in [0, 0.05) is 26.2 Å². The first kappa shape index (κ1) is 22.3. The van der Waals surface area contributed by atoms with Crippen LogP contribution in [0.1, 0.15) is 11.4 Å². The summed E-state index contributed by atoms with van der Waals surface area (Å²) < 4.78 is 31.6. The molecule has 0 unspecified atom stereocenters. The van der Waals surface area contributed by atoms with E-state index >= 15 is 0 Å². The molecule has 3 heterocycles. The van der Waals surface area contributed by atoms with E-state index in [9.17, 15) is 18.0 Å². The van der Waals surface area contributed by atoms with E-state index in [2.05, 4.69) is 20.8 Å². The Labute approximate surface area is 191 Å². The van der Waals surface area contributed by atoms with E-state index in [1.807, 2.05) is 0 Å². The zero-order chi connectivity index (χ0) is 23.9. The van der Waals surface area contributed by atoms with Crippen LogP contribution in [0.2, 0.25) is 0 Å². The molecule has 0 saturated carbocycles. The summed E-state index contributed by atoms with van der Waals surface area (Å²) in [4.78, 5) is 25.3. The van der Waals surface area contributed by atoms with E-state index < -0.39 is 35.1 Å². The summed E-state index contributed by atoms with van der Waals surface area (Å²) in [5.41, 5.74) is 2.07. The molecule has 0 aliphatic carbocycles. The molecule has 0 fully saturated rings. The third-order valence-electron chi connectivity index (χ3n) is 5.09. The summed E-state index contributed by atoms with van der Waals surface area (Å²) in [6, 6.07) is 9.90. The molecule has 174 valence electrons. The molecule has 0 saturated heterocycles. The van der Waals surface area contributed by atoms with Crippen molar-refractivity contribution in [3.05, 3.63) is 47.8 Å². The molecule has 1 aromatic carbocycles. The highest BCUT2D eigenvalue weighted by Crippen LogP contribution is 2.40. The number of nitrogens with zero attached hydrogens (tertiary/aromatic N) is 6. The van der Waals surface area contributed by atoms with Gasteiger partial charge >= 0.3 is 10.2 Å². The number of para-hydroxylation sites is 2. The Balaban J connectivity index is 1.55. The van der Waals surface area contributed by atoms with Crippen molar-refractivity contribution >= 4 is 45.0 Å². The van der Waals surface area contributed by atoms with Gasteiger partial charge in [-0.15, -0.1) is 0 Å². The van der Waals surface area contributed by atoms with Gasteiger partial charge < -0.3 is 10.6 Å². The molecule has 3 aromatic rings. The first-order valence-corrected chi connectivity index (χ1v) is 11.5. The SMILES string of the molecule is Cc1cc(NC(=O)CN2c3ccccc3N(CC(=O)Nc3cc(C)nn3C)S2(=O)=O)n(C)n1. The van der Waals surface area contributed by atoms with E-state index in [0.29, 0.717) is 34.4 Å². The molecule has 2 aromatic heterocycles. The molecule has 1 aliphatic rings. The van der Waals surface area contributed by atoms with Crippen molar-refractivity contribution in [2.75, 3.05) is 32.3 Å². The fourth-order valence-corrected chi connectivity index (χ4v) is 5.27. The van der Waals surface area contributed by atoms with Crippen LogP contribution in [0, 0.1) is 13.8 Å². The van der Waals surface area contributed by atoms with Crippen molar-refractivity contribution in [1.29, 1.82) is 0 Å². The number of aromatic nitrogens is 4. The normalized spacial score (nSPS) is 14.3. The fraction of sp³-hybridized carbons (Fsp3) is 0.300. The van der Waals surface area contributed by atoms with E-state index in [1.54, 1.807) is 64.3 Å². The zero-order valence-corrected chi connectivity index (χ0v) is 19.4. The van der Waals surface area contributed by atoms with Gasteiger partial charge in [0.25, 0.3) is 0 Å². The Hall–Kier alpha value is -3.87. The van der Waals surface area contributed by atoms with Gasteiger partial charge in [0.15, 0.2) is 0 Å². The number of rotatable bonds is 6. The first-order valence-electron chi connectivity index (χ1n) is 10.1. The Kier molecular flexibility index (Phi) is 5.57. The summed E-state index contributed by atoms with van der Waals surface area (Å²) in [7, 11) is -0.821. The largest absolute Gasteiger partial charge is 0.327 e. The maximum atomic E-state index is 13.3.